The third-order valence-electron chi connectivity index (χ3n) is 3.83. The maximum Gasteiger partial charge on any atom is 0.248 e. The lowest BCUT2D eigenvalue weighted by Gasteiger charge is -2.06. The van der Waals surface area contributed by atoms with Gasteiger partial charge in [-0.05, 0) is 36.8 Å². The second-order valence-corrected chi connectivity index (χ2v) is 8.42. The van der Waals surface area contributed by atoms with Crippen LogP contribution in [0.2, 0.25) is 0 Å². The highest BCUT2D eigenvalue weighted by Crippen LogP contribution is 2.32. The van der Waals surface area contributed by atoms with E-state index in [4.69, 9.17) is 4.42 Å². The Morgan fingerprint density at radius 2 is 2.03 bits per heavy atom. The highest BCUT2D eigenvalue weighted by molar-refractivity contribution is 8.01. The fraction of sp³-hybridized carbons (Fsp3) is 0.316. The van der Waals surface area contributed by atoms with Crippen molar-refractivity contribution in [3.63, 3.8) is 0 Å². The summed E-state index contributed by atoms with van der Waals surface area (Å²) in [4.78, 5) is 28.2. The number of thioether (sulfide) groups is 1. The molecule has 3 rings (SSSR count). The molecule has 0 saturated heterocycles. The highest BCUT2D eigenvalue weighted by atomic mass is 32.2. The first kappa shape index (κ1) is 21.3. The molecule has 0 fully saturated rings. The molecule has 0 bridgehead atoms. The van der Waals surface area contributed by atoms with E-state index >= 15 is 0 Å². The van der Waals surface area contributed by atoms with Crippen LogP contribution < -0.4 is 10.6 Å². The van der Waals surface area contributed by atoms with Gasteiger partial charge in [0.05, 0.1) is 28.8 Å². The quantitative estimate of drug-likeness (QED) is 0.449. The van der Waals surface area contributed by atoms with Crippen molar-refractivity contribution >= 4 is 50.8 Å². The van der Waals surface area contributed by atoms with Crippen LogP contribution in [-0.2, 0) is 16.1 Å². The molecule has 0 saturated carbocycles. The molecule has 2 amide bonds. The predicted octanol–water partition coefficient (Wildman–Crippen LogP) is 4.67. The van der Waals surface area contributed by atoms with Crippen LogP contribution in [0.1, 0.15) is 25.0 Å². The van der Waals surface area contributed by atoms with Crippen molar-refractivity contribution < 1.29 is 22.8 Å². The van der Waals surface area contributed by atoms with Crippen molar-refractivity contribution in [3.8, 4) is 0 Å². The summed E-state index contributed by atoms with van der Waals surface area (Å²) in [5.74, 6) is 0.0396. The van der Waals surface area contributed by atoms with Crippen LogP contribution in [0.3, 0.4) is 0 Å². The van der Waals surface area contributed by atoms with Gasteiger partial charge in [-0.1, -0.05) is 11.8 Å². The largest absolute Gasteiger partial charge is 0.467 e. The van der Waals surface area contributed by atoms with Crippen molar-refractivity contribution in [2.75, 3.05) is 11.1 Å². The van der Waals surface area contributed by atoms with Crippen molar-refractivity contribution in [2.24, 2.45) is 0 Å². The zero-order valence-electron chi connectivity index (χ0n) is 15.3. The molecule has 29 heavy (non-hydrogen) atoms. The second-order valence-electron chi connectivity index (χ2n) is 6.12. The van der Waals surface area contributed by atoms with Gasteiger partial charge < -0.3 is 15.1 Å². The Hall–Kier alpha value is -2.46. The first-order chi connectivity index (χ1) is 14.0. The molecule has 1 aromatic carbocycles. The maximum absolute atomic E-state index is 12.3. The fourth-order valence-electron chi connectivity index (χ4n) is 2.50. The SMILES string of the molecule is O=C(CCCC(=O)Nc1ccc2nc(SCC(F)F)sc2c1)NCc1ccco1. The van der Waals surface area contributed by atoms with E-state index in [2.05, 4.69) is 15.6 Å². The molecule has 2 heterocycles. The van der Waals surface area contributed by atoms with Gasteiger partial charge in [0.15, 0.2) is 4.34 Å². The third kappa shape index (κ3) is 6.82. The van der Waals surface area contributed by atoms with Crippen molar-refractivity contribution in [1.82, 2.24) is 10.3 Å². The number of anilines is 1. The number of nitrogens with zero attached hydrogens (tertiary/aromatic N) is 1. The van der Waals surface area contributed by atoms with Crippen molar-refractivity contribution in [3.05, 3.63) is 42.4 Å². The number of halogens is 2. The lowest BCUT2D eigenvalue weighted by atomic mass is 10.2. The van der Waals surface area contributed by atoms with Crippen molar-refractivity contribution in [1.29, 1.82) is 0 Å². The van der Waals surface area contributed by atoms with Gasteiger partial charge in [0.1, 0.15) is 5.76 Å². The zero-order chi connectivity index (χ0) is 20.6. The maximum atomic E-state index is 12.3. The van der Waals surface area contributed by atoms with Crippen molar-refractivity contribution in [2.45, 2.75) is 36.6 Å². The molecule has 2 aromatic heterocycles. The number of hydrogen-bond donors (Lipinski definition) is 2. The van der Waals surface area contributed by atoms with E-state index in [1.54, 1.807) is 36.6 Å². The Morgan fingerprint density at radius 3 is 2.79 bits per heavy atom. The number of benzene rings is 1. The predicted molar refractivity (Wildman–Crippen MR) is 109 cm³/mol. The van der Waals surface area contributed by atoms with Crippen LogP contribution in [0.4, 0.5) is 14.5 Å². The van der Waals surface area contributed by atoms with E-state index in [1.165, 1.54) is 11.3 Å². The molecule has 0 atom stereocenters. The van der Waals surface area contributed by atoms with Crippen LogP contribution in [0, 0.1) is 0 Å². The summed E-state index contributed by atoms with van der Waals surface area (Å²) in [6.07, 6.45) is 0.0388. The van der Waals surface area contributed by atoms with Crippen LogP contribution in [0.5, 0.6) is 0 Å². The molecule has 0 radical (unpaired) electrons. The Morgan fingerprint density at radius 1 is 1.21 bits per heavy atom. The number of hydrogen-bond acceptors (Lipinski definition) is 6. The summed E-state index contributed by atoms with van der Waals surface area (Å²) in [6.45, 7) is 0.324. The average molecular weight is 440 g/mol. The summed E-state index contributed by atoms with van der Waals surface area (Å²) in [5, 5.41) is 5.52. The number of thiazole rings is 1. The minimum absolute atomic E-state index is 0.144. The first-order valence-electron chi connectivity index (χ1n) is 8.90. The Labute approximate surface area is 174 Å². The monoisotopic (exact) mass is 439 g/mol. The molecule has 0 aliphatic carbocycles. The standard InChI is InChI=1S/C19H19F2N3O3S2/c20-16(21)11-28-19-24-14-7-6-12(9-15(14)29-19)23-18(26)5-1-4-17(25)22-10-13-3-2-8-27-13/h2-3,6-9,16H,1,4-5,10-11H2,(H,22,25)(H,23,26). The number of amides is 2. The lowest BCUT2D eigenvalue weighted by molar-refractivity contribution is -0.121. The normalized spacial score (nSPS) is 11.1. The van der Waals surface area contributed by atoms with Crippen LogP contribution in [0.25, 0.3) is 10.2 Å². The number of carbonyl (C=O) groups is 2. The average Bonchev–Trinajstić information content (AvgIpc) is 3.33. The third-order valence-corrected chi connectivity index (χ3v) is 6.01. The molecule has 154 valence electrons. The molecule has 0 spiro atoms. The second kappa shape index (κ2) is 10.4. The molecule has 6 nitrogen and oxygen atoms in total. The Bertz CT molecular complexity index is 961. The molecule has 10 heteroatoms. The highest BCUT2D eigenvalue weighted by Gasteiger charge is 2.11. The lowest BCUT2D eigenvalue weighted by Crippen LogP contribution is -2.22. The number of aromatic nitrogens is 1. The first-order valence-corrected chi connectivity index (χ1v) is 10.7. The van der Waals surface area contributed by atoms with Crippen LogP contribution >= 0.6 is 23.1 Å². The van der Waals surface area contributed by atoms with Crippen LogP contribution in [0.15, 0.2) is 45.4 Å². The van der Waals surface area contributed by atoms with Gasteiger partial charge in [-0.15, -0.1) is 11.3 Å². The molecule has 0 aliphatic heterocycles. The van der Waals surface area contributed by atoms with Gasteiger partial charge in [0.2, 0.25) is 18.2 Å². The fourth-order valence-corrected chi connectivity index (χ4v) is 4.37. The summed E-state index contributed by atoms with van der Waals surface area (Å²) in [7, 11) is 0. The summed E-state index contributed by atoms with van der Waals surface area (Å²) >= 11 is 2.33. The Kier molecular flexibility index (Phi) is 7.59. The number of fused-ring (bicyclic) bond motifs is 1. The minimum atomic E-state index is -2.38. The van der Waals surface area contributed by atoms with E-state index in [0.717, 1.165) is 16.5 Å². The van der Waals surface area contributed by atoms with E-state index in [-0.39, 0.29) is 30.4 Å². The molecule has 0 unspecified atom stereocenters. The summed E-state index contributed by atoms with van der Waals surface area (Å²) in [5.41, 5.74) is 1.32. The molecule has 3 aromatic rings. The number of furan rings is 1. The molecule has 2 N–H and O–H groups in total. The van der Waals surface area contributed by atoms with E-state index in [9.17, 15) is 18.4 Å². The zero-order valence-corrected chi connectivity index (χ0v) is 17.0. The number of carbonyl (C=O) groups excluding carboxylic acids is 2. The summed E-state index contributed by atoms with van der Waals surface area (Å²) < 4.78 is 31.2. The van der Waals surface area contributed by atoms with Crippen LogP contribution in [-0.4, -0.2) is 29.0 Å². The summed E-state index contributed by atoms with van der Waals surface area (Å²) in [6, 6.07) is 8.76. The Balaban J connectivity index is 1.42. The van der Waals surface area contributed by atoms with E-state index in [0.29, 0.717) is 34.3 Å². The smallest absolute Gasteiger partial charge is 0.248 e. The van der Waals surface area contributed by atoms with Gasteiger partial charge >= 0.3 is 0 Å². The number of alkyl halides is 2. The van der Waals surface area contributed by atoms with E-state index < -0.39 is 6.43 Å². The number of nitrogens with one attached hydrogen (secondary N) is 2. The minimum Gasteiger partial charge on any atom is -0.467 e. The topological polar surface area (TPSA) is 84.2 Å². The molecular formula is C19H19F2N3O3S2. The van der Waals surface area contributed by atoms with Gasteiger partial charge in [-0.25, -0.2) is 13.8 Å². The van der Waals surface area contributed by atoms with Gasteiger partial charge in [0, 0.05) is 18.5 Å². The van der Waals surface area contributed by atoms with Gasteiger partial charge in [-0.3, -0.25) is 9.59 Å². The van der Waals surface area contributed by atoms with Gasteiger partial charge in [0.25, 0.3) is 0 Å². The number of rotatable bonds is 10. The van der Waals surface area contributed by atoms with E-state index in [1.807, 2.05) is 0 Å². The molecular weight excluding hydrogens is 420 g/mol. The van der Waals surface area contributed by atoms with Gasteiger partial charge in [-0.2, -0.15) is 0 Å². The molecule has 0 aliphatic rings.